The highest BCUT2D eigenvalue weighted by atomic mass is 35.5. The molecule has 136 valence electrons. The van der Waals surface area contributed by atoms with Gasteiger partial charge in [-0.3, -0.25) is 4.79 Å². The van der Waals surface area contributed by atoms with Gasteiger partial charge < -0.3 is 15.4 Å². The summed E-state index contributed by atoms with van der Waals surface area (Å²) in [6, 6.07) is 20.9. The van der Waals surface area contributed by atoms with E-state index in [0.29, 0.717) is 27.5 Å². The molecule has 0 spiro atoms. The van der Waals surface area contributed by atoms with E-state index in [1.807, 2.05) is 18.2 Å². The van der Waals surface area contributed by atoms with Gasteiger partial charge in [-0.05, 0) is 60.7 Å². The Balaban J connectivity index is 1.70. The van der Waals surface area contributed by atoms with E-state index in [4.69, 9.17) is 16.3 Å². The SMILES string of the molecule is COC(=O)c1ccccc1Nc1ccc(NC(=O)c2ccc(Cl)cc2)cc1. The average molecular weight is 381 g/mol. The van der Waals surface area contributed by atoms with Crippen LogP contribution in [-0.4, -0.2) is 19.0 Å². The monoisotopic (exact) mass is 380 g/mol. The molecule has 2 N–H and O–H groups in total. The summed E-state index contributed by atoms with van der Waals surface area (Å²) in [5, 5.41) is 6.58. The second-order valence-electron chi connectivity index (χ2n) is 5.70. The molecule has 0 saturated carbocycles. The Bertz CT molecular complexity index is 954. The fraction of sp³-hybridized carbons (Fsp3) is 0.0476. The minimum Gasteiger partial charge on any atom is -0.465 e. The zero-order chi connectivity index (χ0) is 19.2. The number of esters is 1. The molecule has 27 heavy (non-hydrogen) atoms. The predicted molar refractivity (Wildman–Crippen MR) is 107 cm³/mol. The van der Waals surface area contributed by atoms with Crippen LogP contribution in [0.5, 0.6) is 0 Å². The van der Waals surface area contributed by atoms with E-state index in [2.05, 4.69) is 10.6 Å². The number of carbonyl (C=O) groups excluding carboxylic acids is 2. The first-order chi connectivity index (χ1) is 13.1. The Kier molecular flexibility index (Phi) is 5.74. The summed E-state index contributed by atoms with van der Waals surface area (Å²) in [5.41, 5.74) is 3.04. The molecular formula is C21H17ClN2O3. The molecule has 0 aromatic heterocycles. The summed E-state index contributed by atoms with van der Waals surface area (Å²) < 4.78 is 4.79. The van der Waals surface area contributed by atoms with Gasteiger partial charge in [0.1, 0.15) is 0 Å². The van der Waals surface area contributed by atoms with Gasteiger partial charge in [-0.1, -0.05) is 23.7 Å². The molecule has 0 bridgehead atoms. The number of amides is 1. The van der Waals surface area contributed by atoms with Crippen LogP contribution in [0.2, 0.25) is 5.02 Å². The van der Waals surface area contributed by atoms with E-state index in [0.717, 1.165) is 5.69 Å². The smallest absolute Gasteiger partial charge is 0.339 e. The summed E-state index contributed by atoms with van der Waals surface area (Å²) in [6.45, 7) is 0. The Morgan fingerprint density at radius 3 is 2.15 bits per heavy atom. The van der Waals surface area contributed by atoms with Crippen LogP contribution < -0.4 is 10.6 Å². The van der Waals surface area contributed by atoms with Crippen molar-refractivity contribution in [1.29, 1.82) is 0 Å². The van der Waals surface area contributed by atoms with Gasteiger partial charge in [0.15, 0.2) is 0 Å². The first-order valence-corrected chi connectivity index (χ1v) is 8.56. The molecule has 0 heterocycles. The molecule has 0 aliphatic carbocycles. The zero-order valence-electron chi connectivity index (χ0n) is 14.5. The number of anilines is 3. The molecule has 3 rings (SSSR count). The third kappa shape index (κ3) is 4.65. The number of rotatable bonds is 5. The standard InChI is InChI=1S/C21H17ClN2O3/c1-27-21(26)18-4-2-3-5-19(18)23-16-10-12-17(13-11-16)24-20(25)14-6-8-15(22)9-7-14/h2-13,23H,1H3,(H,24,25). The van der Waals surface area contributed by atoms with Crippen molar-refractivity contribution in [2.45, 2.75) is 0 Å². The first-order valence-electron chi connectivity index (χ1n) is 8.18. The second kappa shape index (κ2) is 8.38. The maximum absolute atomic E-state index is 12.2. The van der Waals surface area contributed by atoms with Crippen molar-refractivity contribution in [2.75, 3.05) is 17.7 Å². The normalized spacial score (nSPS) is 10.1. The highest BCUT2D eigenvalue weighted by Crippen LogP contribution is 2.23. The Morgan fingerprint density at radius 2 is 1.48 bits per heavy atom. The number of para-hydroxylation sites is 1. The van der Waals surface area contributed by atoms with Crippen LogP contribution in [0.1, 0.15) is 20.7 Å². The van der Waals surface area contributed by atoms with Crippen molar-refractivity contribution in [3.63, 3.8) is 0 Å². The van der Waals surface area contributed by atoms with Crippen molar-refractivity contribution in [1.82, 2.24) is 0 Å². The van der Waals surface area contributed by atoms with Crippen LogP contribution in [0.15, 0.2) is 72.8 Å². The molecule has 3 aromatic carbocycles. The minimum absolute atomic E-state index is 0.219. The third-order valence-electron chi connectivity index (χ3n) is 3.86. The maximum Gasteiger partial charge on any atom is 0.339 e. The van der Waals surface area contributed by atoms with E-state index in [1.165, 1.54) is 7.11 Å². The van der Waals surface area contributed by atoms with Crippen molar-refractivity contribution >= 4 is 40.5 Å². The lowest BCUT2D eigenvalue weighted by Gasteiger charge is -2.11. The van der Waals surface area contributed by atoms with Gasteiger partial charge in [0.25, 0.3) is 5.91 Å². The lowest BCUT2D eigenvalue weighted by molar-refractivity contribution is 0.0601. The van der Waals surface area contributed by atoms with E-state index >= 15 is 0 Å². The van der Waals surface area contributed by atoms with Crippen LogP contribution in [0.25, 0.3) is 0 Å². The van der Waals surface area contributed by atoms with Gasteiger partial charge in [0.05, 0.1) is 18.4 Å². The van der Waals surface area contributed by atoms with Crippen molar-refractivity contribution < 1.29 is 14.3 Å². The quantitative estimate of drug-likeness (QED) is 0.602. The summed E-state index contributed by atoms with van der Waals surface area (Å²) >= 11 is 5.83. The van der Waals surface area contributed by atoms with Gasteiger partial charge in [0.2, 0.25) is 0 Å². The van der Waals surface area contributed by atoms with Crippen molar-refractivity contribution in [3.05, 3.63) is 88.9 Å². The summed E-state index contributed by atoms with van der Waals surface area (Å²) in [6.07, 6.45) is 0. The summed E-state index contributed by atoms with van der Waals surface area (Å²) in [7, 11) is 1.34. The molecule has 3 aromatic rings. The van der Waals surface area contributed by atoms with E-state index in [-0.39, 0.29) is 5.91 Å². The third-order valence-corrected chi connectivity index (χ3v) is 4.11. The van der Waals surface area contributed by atoms with Crippen LogP contribution in [0.3, 0.4) is 0 Å². The maximum atomic E-state index is 12.2. The lowest BCUT2D eigenvalue weighted by atomic mass is 10.1. The van der Waals surface area contributed by atoms with Gasteiger partial charge in [-0.15, -0.1) is 0 Å². The molecule has 6 heteroatoms. The van der Waals surface area contributed by atoms with Crippen LogP contribution >= 0.6 is 11.6 Å². The number of nitrogens with one attached hydrogen (secondary N) is 2. The second-order valence-corrected chi connectivity index (χ2v) is 6.14. The Hall–Kier alpha value is -3.31. The number of hydrogen-bond acceptors (Lipinski definition) is 4. The average Bonchev–Trinajstić information content (AvgIpc) is 2.70. The van der Waals surface area contributed by atoms with Crippen LogP contribution in [-0.2, 0) is 4.74 Å². The number of ether oxygens (including phenoxy) is 1. The Labute approximate surface area is 161 Å². The highest BCUT2D eigenvalue weighted by molar-refractivity contribution is 6.30. The molecule has 0 radical (unpaired) electrons. The van der Waals surface area contributed by atoms with E-state index < -0.39 is 5.97 Å². The van der Waals surface area contributed by atoms with Gasteiger partial charge >= 0.3 is 5.97 Å². The zero-order valence-corrected chi connectivity index (χ0v) is 15.3. The molecule has 0 aliphatic heterocycles. The van der Waals surface area contributed by atoms with Gasteiger partial charge in [0, 0.05) is 22.0 Å². The molecule has 5 nitrogen and oxygen atoms in total. The summed E-state index contributed by atoms with van der Waals surface area (Å²) in [4.78, 5) is 24.1. The molecule has 0 atom stereocenters. The first kappa shape index (κ1) is 18.5. The number of carbonyl (C=O) groups is 2. The highest BCUT2D eigenvalue weighted by Gasteiger charge is 2.11. The molecule has 0 saturated heterocycles. The van der Waals surface area contributed by atoms with Gasteiger partial charge in [-0.25, -0.2) is 4.79 Å². The largest absolute Gasteiger partial charge is 0.465 e. The van der Waals surface area contributed by atoms with Gasteiger partial charge in [-0.2, -0.15) is 0 Å². The topological polar surface area (TPSA) is 67.4 Å². The van der Waals surface area contributed by atoms with Crippen LogP contribution in [0, 0.1) is 0 Å². The minimum atomic E-state index is -0.412. The number of methoxy groups -OCH3 is 1. The fourth-order valence-corrected chi connectivity index (χ4v) is 2.60. The molecule has 0 unspecified atom stereocenters. The Morgan fingerprint density at radius 1 is 0.852 bits per heavy atom. The fourth-order valence-electron chi connectivity index (χ4n) is 2.48. The predicted octanol–water partition coefficient (Wildman–Crippen LogP) is 5.12. The molecule has 0 aliphatic rings. The molecular weight excluding hydrogens is 364 g/mol. The van der Waals surface area contributed by atoms with Crippen molar-refractivity contribution in [2.24, 2.45) is 0 Å². The van der Waals surface area contributed by atoms with Crippen molar-refractivity contribution in [3.8, 4) is 0 Å². The van der Waals surface area contributed by atoms with E-state index in [1.54, 1.807) is 54.6 Å². The molecule has 1 amide bonds. The number of halogens is 1. The van der Waals surface area contributed by atoms with Crippen LogP contribution in [0.4, 0.5) is 17.1 Å². The van der Waals surface area contributed by atoms with E-state index in [9.17, 15) is 9.59 Å². The number of hydrogen-bond donors (Lipinski definition) is 2. The molecule has 0 fully saturated rings. The number of benzene rings is 3. The lowest BCUT2D eigenvalue weighted by Crippen LogP contribution is -2.11. The summed E-state index contributed by atoms with van der Waals surface area (Å²) in [5.74, 6) is -0.631.